The predicted molar refractivity (Wildman–Crippen MR) is 74.7 cm³/mol. The van der Waals surface area contributed by atoms with Gasteiger partial charge in [-0.05, 0) is 16.2 Å². The van der Waals surface area contributed by atoms with Crippen molar-refractivity contribution < 1.29 is 17.8 Å². The second-order valence-corrected chi connectivity index (χ2v) is 20.4. The zero-order valence-electron chi connectivity index (χ0n) is 10.6. The number of rotatable bonds is 7. The second kappa shape index (κ2) is 7.14. The normalized spacial score (nSPS) is 12.4. The van der Waals surface area contributed by atoms with Gasteiger partial charge in [0.15, 0.2) is 0 Å². The molecule has 102 valence electrons. The van der Waals surface area contributed by atoms with Crippen LogP contribution in [0.15, 0.2) is 0 Å². The van der Waals surface area contributed by atoms with Gasteiger partial charge in [0, 0.05) is 20.7 Å². The summed E-state index contributed by atoms with van der Waals surface area (Å²) in [5, 5.41) is 5.02. The van der Waals surface area contributed by atoms with Gasteiger partial charge in [-0.3, -0.25) is 4.55 Å². The van der Waals surface area contributed by atoms with Crippen LogP contribution in [0.4, 0.5) is 4.79 Å². The van der Waals surface area contributed by atoms with Crippen molar-refractivity contribution in [1.29, 1.82) is 0 Å². The topological polar surface area (TPSA) is 95.5 Å². The molecule has 0 aromatic carbocycles. The molecule has 0 rings (SSSR count). The van der Waals surface area contributed by atoms with Gasteiger partial charge in [0.25, 0.3) is 10.1 Å². The second-order valence-electron chi connectivity index (χ2n) is 5.13. The summed E-state index contributed by atoms with van der Waals surface area (Å²) in [6, 6.07) is 0.811. The lowest BCUT2D eigenvalue weighted by Crippen LogP contribution is -2.39. The first kappa shape index (κ1) is 16.6. The summed E-state index contributed by atoms with van der Waals surface area (Å²) in [5.41, 5.74) is 0. The number of hydrogen-bond acceptors (Lipinski definition) is 3. The first-order valence-corrected chi connectivity index (χ1v) is 13.9. The van der Waals surface area contributed by atoms with Crippen LogP contribution in [-0.4, -0.2) is 55.2 Å². The minimum atomic E-state index is -4.00. The van der Waals surface area contributed by atoms with E-state index in [0.717, 1.165) is 6.42 Å². The van der Waals surface area contributed by atoms with Crippen molar-refractivity contribution >= 4 is 33.5 Å². The van der Waals surface area contributed by atoms with Gasteiger partial charge in [-0.2, -0.15) is 8.42 Å². The molecule has 0 bridgehead atoms. The molecule has 0 fully saturated rings. The number of carbonyl (C=O) groups excluding carboxylic acids is 1. The minimum absolute atomic E-state index is 0.0778. The molecule has 0 unspecified atom stereocenters. The first-order chi connectivity index (χ1) is 7.60. The third-order valence-electron chi connectivity index (χ3n) is 2.03. The molecular weight excluding hydrogens is 276 g/mol. The fourth-order valence-electron chi connectivity index (χ4n) is 1.18. The Morgan fingerprint density at radius 1 is 1.29 bits per heavy atom. The molecule has 0 aliphatic rings. The van der Waals surface area contributed by atoms with Crippen molar-refractivity contribution in [2.75, 3.05) is 18.8 Å². The molecule has 0 saturated carbocycles. The summed E-state index contributed by atoms with van der Waals surface area (Å²) in [4.78, 5) is 11.2. The van der Waals surface area contributed by atoms with Crippen molar-refractivity contribution in [1.82, 2.24) is 10.6 Å². The van der Waals surface area contributed by atoms with E-state index >= 15 is 0 Å². The summed E-state index contributed by atoms with van der Waals surface area (Å²) >= 11 is 0. The van der Waals surface area contributed by atoms with Gasteiger partial charge in [-0.25, -0.2) is 4.79 Å². The summed E-state index contributed by atoms with van der Waals surface area (Å²) in [5.74, 6) is -0.457. The Hall–Kier alpha value is -0.386. The SMILES string of the molecule is C[Si](C)([SiH3])CCCNC(=O)NCCS(=O)(=O)O. The van der Waals surface area contributed by atoms with Crippen molar-refractivity contribution in [2.24, 2.45) is 0 Å². The van der Waals surface area contributed by atoms with Gasteiger partial charge in [0.05, 0.1) is 5.75 Å². The molecule has 2 amide bonds. The van der Waals surface area contributed by atoms with Crippen LogP contribution in [0.5, 0.6) is 0 Å². The van der Waals surface area contributed by atoms with E-state index in [2.05, 4.69) is 23.7 Å². The molecule has 3 N–H and O–H groups in total. The fraction of sp³-hybridized carbons (Fsp3) is 0.875. The predicted octanol–water partition coefficient (Wildman–Crippen LogP) is -0.866. The zero-order valence-corrected chi connectivity index (χ0v) is 14.4. The van der Waals surface area contributed by atoms with E-state index in [0.29, 0.717) is 6.54 Å². The average Bonchev–Trinajstić information content (AvgIpc) is 2.09. The lowest BCUT2D eigenvalue weighted by molar-refractivity contribution is 0.241. The molecule has 9 heteroatoms. The Morgan fingerprint density at radius 3 is 2.29 bits per heavy atom. The van der Waals surface area contributed by atoms with Gasteiger partial charge in [-0.15, -0.1) is 0 Å². The van der Waals surface area contributed by atoms with Gasteiger partial charge < -0.3 is 10.6 Å². The highest BCUT2D eigenvalue weighted by Gasteiger charge is 2.12. The van der Waals surface area contributed by atoms with Crippen LogP contribution in [0, 0.1) is 0 Å². The van der Waals surface area contributed by atoms with Gasteiger partial charge >= 0.3 is 6.03 Å². The molecule has 0 aliphatic carbocycles. The van der Waals surface area contributed by atoms with Crippen LogP contribution in [0.25, 0.3) is 0 Å². The average molecular weight is 299 g/mol. The third kappa shape index (κ3) is 13.6. The highest BCUT2D eigenvalue weighted by molar-refractivity contribution is 7.85. The molecule has 0 aromatic rings. The van der Waals surface area contributed by atoms with Crippen molar-refractivity contribution in [3.05, 3.63) is 0 Å². The lowest BCUT2D eigenvalue weighted by atomic mass is 10.5. The quantitative estimate of drug-likeness (QED) is 0.324. The molecular formula is C8H22N2O4SSi2. The fourth-order valence-corrected chi connectivity index (χ4v) is 3.83. The number of carbonyl (C=O) groups is 1. The van der Waals surface area contributed by atoms with Crippen LogP contribution in [-0.2, 0) is 10.1 Å². The molecule has 17 heavy (non-hydrogen) atoms. The summed E-state index contributed by atoms with van der Waals surface area (Å²) < 4.78 is 29.2. The maximum atomic E-state index is 11.2. The van der Waals surface area contributed by atoms with Gasteiger partial charge in [0.2, 0.25) is 0 Å². The smallest absolute Gasteiger partial charge is 0.314 e. The van der Waals surface area contributed by atoms with Gasteiger partial charge in [0.1, 0.15) is 0 Å². The van der Waals surface area contributed by atoms with Crippen LogP contribution in [0.3, 0.4) is 0 Å². The molecule has 0 aromatic heterocycles. The highest BCUT2D eigenvalue weighted by atomic mass is 32.2. The standard InChI is InChI=1S/C8H22N2O4SSi2/c1-17(2,16)7-3-4-9-8(11)10-5-6-15(12,13)14/h3-7H2,1-2,16H3,(H2,9,10,11)(H,12,13,14). The maximum absolute atomic E-state index is 11.2. The lowest BCUT2D eigenvalue weighted by Gasteiger charge is -2.15. The van der Waals surface area contributed by atoms with E-state index in [4.69, 9.17) is 4.55 Å². The van der Waals surface area contributed by atoms with Crippen LogP contribution in [0.2, 0.25) is 19.1 Å². The maximum Gasteiger partial charge on any atom is 0.314 e. The Kier molecular flexibility index (Phi) is 6.98. The number of urea groups is 1. The summed E-state index contributed by atoms with van der Waals surface area (Å²) in [6.07, 6.45) is 0.967. The molecule has 0 aliphatic heterocycles. The molecule has 0 saturated heterocycles. The third-order valence-corrected chi connectivity index (χ3v) is 6.11. The Balaban J connectivity index is 3.55. The van der Waals surface area contributed by atoms with E-state index in [1.165, 1.54) is 15.8 Å². The van der Waals surface area contributed by atoms with E-state index in [-0.39, 0.29) is 12.6 Å². The van der Waals surface area contributed by atoms with Crippen molar-refractivity contribution in [3.8, 4) is 0 Å². The van der Waals surface area contributed by atoms with Crippen LogP contribution >= 0.6 is 0 Å². The monoisotopic (exact) mass is 298 g/mol. The Morgan fingerprint density at radius 2 is 1.82 bits per heavy atom. The summed E-state index contributed by atoms with van der Waals surface area (Å²) in [7, 11) is -3.67. The molecule has 0 heterocycles. The first-order valence-electron chi connectivity index (χ1n) is 5.57. The van der Waals surface area contributed by atoms with Crippen molar-refractivity contribution in [2.45, 2.75) is 25.6 Å². The Labute approximate surface area is 107 Å². The number of nitrogens with one attached hydrogen (secondary N) is 2. The number of amides is 2. The minimum Gasteiger partial charge on any atom is -0.338 e. The van der Waals surface area contributed by atoms with E-state index in [1.54, 1.807) is 0 Å². The van der Waals surface area contributed by atoms with Crippen molar-refractivity contribution in [3.63, 3.8) is 0 Å². The highest BCUT2D eigenvalue weighted by Crippen LogP contribution is 2.05. The number of hydrogen-bond donors (Lipinski definition) is 3. The molecule has 0 atom stereocenters. The largest absolute Gasteiger partial charge is 0.338 e. The Bertz CT molecular complexity index is 340. The molecule has 0 radical (unpaired) electrons. The molecule has 0 spiro atoms. The van der Waals surface area contributed by atoms with Crippen LogP contribution < -0.4 is 10.6 Å². The van der Waals surface area contributed by atoms with Crippen LogP contribution in [0.1, 0.15) is 6.42 Å². The van der Waals surface area contributed by atoms with Gasteiger partial charge in [-0.1, -0.05) is 19.1 Å². The summed E-state index contributed by atoms with van der Waals surface area (Å²) in [6.45, 7) is 5.18. The van der Waals surface area contributed by atoms with E-state index in [9.17, 15) is 13.2 Å². The van der Waals surface area contributed by atoms with E-state index in [1.807, 2.05) is 0 Å². The zero-order chi connectivity index (χ0) is 13.5. The molecule has 6 nitrogen and oxygen atoms in total. The van der Waals surface area contributed by atoms with E-state index < -0.39 is 23.5 Å².